The number of hydrogen-bond donors (Lipinski definition) is 1. The van der Waals surface area contributed by atoms with E-state index in [1.807, 2.05) is 12.1 Å². The van der Waals surface area contributed by atoms with Crippen molar-refractivity contribution in [3.63, 3.8) is 0 Å². The molecular weight excluding hydrogens is 466 g/mol. The van der Waals surface area contributed by atoms with E-state index in [1.54, 1.807) is 34.9 Å². The zero-order chi connectivity index (χ0) is 22.7. The van der Waals surface area contributed by atoms with Crippen LogP contribution in [-0.2, 0) is 16.6 Å². The SMILES string of the molecule is CC1CCCN(CCCNS(=O)(=O)c2ccc3c(c2)sc(=O)n3Cc2ccc(Cl)cc2)C1. The Kier molecular flexibility index (Phi) is 7.37. The van der Waals surface area contributed by atoms with Gasteiger partial charge in [0.15, 0.2) is 0 Å². The van der Waals surface area contributed by atoms with Crippen molar-refractivity contribution in [3.8, 4) is 0 Å². The Bertz CT molecular complexity index is 1240. The Morgan fingerprint density at radius 3 is 2.72 bits per heavy atom. The second kappa shape index (κ2) is 10.1. The molecule has 0 aliphatic carbocycles. The van der Waals surface area contributed by atoms with Gasteiger partial charge in [-0.2, -0.15) is 0 Å². The van der Waals surface area contributed by atoms with Gasteiger partial charge in [0, 0.05) is 18.1 Å². The Hall–Kier alpha value is -1.71. The van der Waals surface area contributed by atoms with Crippen molar-refractivity contribution in [2.75, 3.05) is 26.2 Å². The van der Waals surface area contributed by atoms with E-state index < -0.39 is 10.0 Å². The molecule has 1 aliphatic rings. The minimum Gasteiger partial charge on any atom is -0.303 e. The van der Waals surface area contributed by atoms with Crippen molar-refractivity contribution in [1.29, 1.82) is 0 Å². The molecule has 1 unspecified atom stereocenters. The van der Waals surface area contributed by atoms with Crippen molar-refractivity contribution >= 4 is 43.2 Å². The number of halogens is 1. The topological polar surface area (TPSA) is 71.4 Å². The van der Waals surface area contributed by atoms with Crippen LogP contribution in [0.15, 0.2) is 52.2 Å². The number of likely N-dealkylation sites (tertiary alicyclic amines) is 1. The standard InChI is InChI=1S/C23H28ClN3O3S2/c1-17-4-2-12-26(15-17)13-3-11-25-32(29,30)20-9-10-21-22(14-20)31-23(28)27(21)16-18-5-7-19(24)8-6-18/h5-10,14,17,25H,2-4,11-13,15-16H2,1H3. The van der Waals surface area contributed by atoms with Crippen LogP contribution in [0.2, 0.25) is 5.02 Å². The van der Waals surface area contributed by atoms with E-state index in [-0.39, 0.29) is 9.77 Å². The maximum atomic E-state index is 12.8. The molecule has 4 rings (SSSR count). The summed E-state index contributed by atoms with van der Waals surface area (Å²) in [7, 11) is -3.62. The molecule has 0 spiro atoms. The van der Waals surface area contributed by atoms with Crippen LogP contribution >= 0.6 is 22.9 Å². The van der Waals surface area contributed by atoms with E-state index in [1.165, 1.54) is 12.8 Å². The van der Waals surface area contributed by atoms with Crippen molar-refractivity contribution < 1.29 is 8.42 Å². The summed E-state index contributed by atoms with van der Waals surface area (Å²) >= 11 is 7.00. The number of piperidine rings is 1. The zero-order valence-corrected chi connectivity index (χ0v) is 20.5. The Morgan fingerprint density at radius 2 is 1.97 bits per heavy atom. The van der Waals surface area contributed by atoms with Crippen LogP contribution in [0, 0.1) is 5.92 Å². The first-order valence-electron chi connectivity index (χ1n) is 10.9. The number of aromatic nitrogens is 1. The lowest BCUT2D eigenvalue weighted by Crippen LogP contribution is -2.36. The molecule has 1 N–H and O–H groups in total. The van der Waals surface area contributed by atoms with Crippen LogP contribution in [-0.4, -0.2) is 44.1 Å². The van der Waals surface area contributed by atoms with Crippen LogP contribution in [0.3, 0.4) is 0 Å². The Morgan fingerprint density at radius 1 is 1.19 bits per heavy atom. The van der Waals surface area contributed by atoms with Gasteiger partial charge in [0.25, 0.3) is 0 Å². The van der Waals surface area contributed by atoms with Crippen molar-refractivity contribution in [3.05, 3.63) is 62.7 Å². The van der Waals surface area contributed by atoms with Gasteiger partial charge in [-0.05, 0) is 74.2 Å². The average Bonchev–Trinajstić information content (AvgIpc) is 3.07. The summed E-state index contributed by atoms with van der Waals surface area (Å²) in [6.45, 7) is 6.17. The molecule has 1 saturated heterocycles. The highest BCUT2D eigenvalue weighted by Crippen LogP contribution is 2.23. The first-order chi connectivity index (χ1) is 15.3. The number of hydrogen-bond acceptors (Lipinski definition) is 5. The quantitative estimate of drug-likeness (QED) is 0.478. The molecule has 2 heterocycles. The van der Waals surface area contributed by atoms with Gasteiger partial charge in [0.05, 0.1) is 21.7 Å². The summed E-state index contributed by atoms with van der Waals surface area (Å²) in [4.78, 5) is 15.0. The van der Waals surface area contributed by atoms with E-state index >= 15 is 0 Å². The van der Waals surface area contributed by atoms with Crippen LogP contribution in [0.4, 0.5) is 0 Å². The molecule has 1 fully saturated rings. The van der Waals surface area contributed by atoms with Crippen molar-refractivity contribution in [2.24, 2.45) is 5.92 Å². The lowest BCUT2D eigenvalue weighted by atomic mass is 10.0. The number of thiazole rings is 1. The lowest BCUT2D eigenvalue weighted by Gasteiger charge is -2.30. The smallest absolute Gasteiger partial charge is 0.303 e. The third kappa shape index (κ3) is 5.61. The molecule has 3 aromatic rings. The highest BCUT2D eigenvalue weighted by Gasteiger charge is 2.18. The van der Waals surface area contributed by atoms with E-state index in [0.717, 1.165) is 48.5 Å². The fourth-order valence-corrected chi connectivity index (χ4v) is 6.45. The first kappa shape index (κ1) is 23.4. The summed E-state index contributed by atoms with van der Waals surface area (Å²) < 4.78 is 30.6. The zero-order valence-electron chi connectivity index (χ0n) is 18.1. The highest BCUT2D eigenvalue weighted by molar-refractivity contribution is 7.89. The summed E-state index contributed by atoms with van der Waals surface area (Å²) in [5.74, 6) is 0.714. The number of rotatable bonds is 8. The second-order valence-corrected chi connectivity index (χ2v) is 11.7. The number of benzene rings is 2. The van der Waals surface area contributed by atoms with Gasteiger partial charge < -0.3 is 4.90 Å². The number of sulfonamides is 1. The molecule has 0 amide bonds. The molecule has 32 heavy (non-hydrogen) atoms. The van der Waals surface area contributed by atoms with E-state index in [2.05, 4.69) is 16.5 Å². The number of nitrogens with zero attached hydrogens (tertiary/aromatic N) is 2. The van der Waals surface area contributed by atoms with Crippen LogP contribution in [0.5, 0.6) is 0 Å². The summed E-state index contributed by atoms with van der Waals surface area (Å²) in [6, 6.07) is 12.2. The summed E-state index contributed by atoms with van der Waals surface area (Å²) in [5, 5.41) is 0.643. The van der Waals surface area contributed by atoms with E-state index in [0.29, 0.717) is 28.7 Å². The highest BCUT2D eigenvalue weighted by atomic mass is 35.5. The molecule has 0 radical (unpaired) electrons. The van der Waals surface area contributed by atoms with Crippen molar-refractivity contribution in [1.82, 2.24) is 14.2 Å². The molecule has 1 aromatic heterocycles. The molecule has 1 atom stereocenters. The first-order valence-corrected chi connectivity index (χ1v) is 13.6. The largest absolute Gasteiger partial charge is 0.308 e. The number of fused-ring (bicyclic) bond motifs is 1. The summed E-state index contributed by atoms with van der Waals surface area (Å²) in [6.07, 6.45) is 3.27. The van der Waals surface area contributed by atoms with Crippen molar-refractivity contribution in [2.45, 2.75) is 37.6 Å². The van der Waals surface area contributed by atoms with E-state index in [4.69, 9.17) is 11.6 Å². The maximum absolute atomic E-state index is 12.8. The third-order valence-electron chi connectivity index (χ3n) is 5.89. The Balaban J connectivity index is 1.42. The van der Waals surface area contributed by atoms with Crippen LogP contribution < -0.4 is 9.60 Å². The van der Waals surface area contributed by atoms with Gasteiger partial charge in [-0.3, -0.25) is 9.36 Å². The lowest BCUT2D eigenvalue weighted by molar-refractivity contribution is 0.182. The van der Waals surface area contributed by atoms with Gasteiger partial charge in [0.1, 0.15) is 0 Å². The molecule has 9 heteroatoms. The second-order valence-electron chi connectivity index (χ2n) is 8.51. The minimum absolute atomic E-state index is 0.117. The third-order valence-corrected chi connectivity index (χ3v) is 8.54. The molecule has 172 valence electrons. The van der Waals surface area contributed by atoms with Crippen LogP contribution in [0.25, 0.3) is 10.2 Å². The normalized spacial score (nSPS) is 17.8. The molecule has 0 saturated carbocycles. The maximum Gasteiger partial charge on any atom is 0.308 e. The monoisotopic (exact) mass is 493 g/mol. The van der Waals surface area contributed by atoms with Gasteiger partial charge in [-0.25, -0.2) is 13.1 Å². The molecule has 2 aromatic carbocycles. The Labute approximate surface area is 197 Å². The van der Waals surface area contributed by atoms with E-state index in [9.17, 15) is 13.2 Å². The predicted molar refractivity (Wildman–Crippen MR) is 131 cm³/mol. The average molecular weight is 494 g/mol. The fraction of sp³-hybridized carbons (Fsp3) is 0.435. The van der Waals surface area contributed by atoms with Gasteiger partial charge in [-0.15, -0.1) is 0 Å². The molecule has 1 aliphatic heterocycles. The molecule has 6 nitrogen and oxygen atoms in total. The molecule has 0 bridgehead atoms. The fourth-order valence-electron chi connectivity index (χ4n) is 4.22. The van der Waals surface area contributed by atoms with Gasteiger partial charge in [0.2, 0.25) is 10.0 Å². The minimum atomic E-state index is -3.62. The van der Waals surface area contributed by atoms with Gasteiger partial charge in [-0.1, -0.05) is 42.0 Å². The number of nitrogens with one attached hydrogen (secondary N) is 1. The van der Waals surface area contributed by atoms with Gasteiger partial charge >= 0.3 is 4.87 Å². The van der Waals surface area contributed by atoms with Crippen LogP contribution in [0.1, 0.15) is 31.7 Å². The molecular formula is C23H28ClN3O3S2. The summed E-state index contributed by atoms with van der Waals surface area (Å²) in [5.41, 5.74) is 1.69. The predicted octanol–water partition coefficient (Wildman–Crippen LogP) is 4.17.